The highest BCUT2D eigenvalue weighted by molar-refractivity contribution is 5.67. The Labute approximate surface area is 194 Å². The van der Waals surface area contributed by atoms with Gasteiger partial charge in [0.2, 0.25) is 0 Å². The molecule has 3 aromatic rings. The monoisotopic (exact) mass is 476 g/mol. The molecule has 0 fully saturated rings. The molecule has 3 aromatic carbocycles. The molecule has 0 unspecified atom stereocenters. The van der Waals surface area contributed by atoms with Gasteiger partial charge < -0.3 is 4.74 Å². The molecule has 0 saturated heterocycles. The van der Waals surface area contributed by atoms with Gasteiger partial charge in [-0.2, -0.15) is 0 Å². The van der Waals surface area contributed by atoms with Crippen molar-refractivity contribution in [2.45, 2.75) is 39.0 Å². The quantitative estimate of drug-likeness (QED) is 0.139. The fourth-order valence-corrected chi connectivity index (χ4v) is 3.37. The maximum Gasteiger partial charge on any atom is 0.178 e. The van der Waals surface area contributed by atoms with Crippen LogP contribution < -0.4 is 4.74 Å². The van der Waals surface area contributed by atoms with Gasteiger partial charge in [-0.3, -0.25) is 0 Å². The van der Waals surface area contributed by atoms with Crippen molar-refractivity contribution in [3.8, 4) is 28.7 Å². The zero-order valence-corrected chi connectivity index (χ0v) is 18.5. The van der Waals surface area contributed by atoms with E-state index in [2.05, 4.69) is 12.8 Å². The molecule has 34 heavy (non-hydrogen) atoms. The number of unbranched alkanes of at least 4 members (excludes halogenated alkanes) is 4. The van der Waals surface area contributed by atoms with Crippen LogP contribution in [0.4, 0.5) is 26.3 Å². The van der Waals surface area contributed by atoms with Crippen LogP contribution in [0.1, 0.15) is 50.2 Å². The van der Waals surface area contributed by atoms with Gasteiger partial charge in [0.25, 0.3) is 0 Å². The van der Waals surface area contributed by atoms with Crippen molar-refractivity contribution in [2.24, 2.45) is 0 Å². The standard InChI is InChI=1S/C27H22F6O/c1-2-3-4-5-6-13-34-21-10-8-18(9-11-21)23-26(32)24(30)22(25(31)27(23)33)12-7-17-14-19(28)16-20(29)15-17/h8-11,14-16H,2-6,13H2,1H3. The van der Waals surface area contributed by atoms with Gasteiger partial charge in [0, 0.05) is 11.6 Å². The fraction of sp³-hybridized carbons (Fsp3) is 0.259. The molecule has 3 rings (SSSR count). The van der Waals surface area contributed by atoms with E-state index in [0.717, 1.165) is 44.2 Å². The second-order valence-electron chi connectivity index (χ2n) is 7.70. The van der Waals surface area contributed by atoms with Crippen LogP contribution in [0.15, 0.2) is 42.5 Å². The molecule has 1 nitrogen and oxygen atoms in total. The second-order valence-corrected chi connectivity index (χ2v) is 7.70. The molecule has 0 N–H and O–H groups in total. The first-order chi connectivity index (χ1) is 16.3. The van der Waals surface area contributed by atoms with E-state index in [1.165, 1.54) is 24.3 Å². The molecule has 0 atom stereocenters. The molecule has 0 saturated carbocycles. The van der Waals surface area contributed by atoms with Gasteiger partial charge in [0.05, 0.1) is 12.2 Å². The SMILES string of the molecule is CCCCCCCOc1ccc(-c2c(F)c(F)c(C#Cc3cc(F)cc(F)c3)c(F)c2F)cc1. The molecule has 0 heterocycles. The summed E-state index contributed by atoms with van der Waals surface area (Å²) in [6.45, 7) is 2.61. The third-order valence-electron chi connectivity index (χ3n) is 5.12. The minimum Gasteiger partial charge on any atom is -0.494 e. The third kappa shape index (κ3) is 6.13. The maximum atomic E-state index is 14.7. The van der Waals surface area contributed by atoms with Crippen LogP contribution in [0, 0.1) is 46.7 Å². The molecule has 0 spiro atoms. The summed E-state index contributed by atoms with van der Waals surface area (Å²) in [4.78, 5) is 0. The van der Waals surface area contributed by atoms with E-state index in [9.17, 15) is 26.3 Å². The zero-order valence-electron chi connectivity index (χ0n) is 18.5. The Hall–Kier alpha value is -3.40. The number of benzene rings is 3. The van der Waals surface area contributed by atoms with Crippen molar-refractivity contribution in [1.82, 2.24) is 0 Å². The van der Waals surface area contributed by atoms with Crippen LogP contribution in [0.3, 0.4) is 0 Å². The number of halogens is 6. The Morgan fingerprint density at radius 1 is 0.676 bits per heavy atom. The Morgan fingerprint density at radius 3 is 1.85 bits per heavy atom. The minimum absolute atomic E-state index is 0.0881. The van der Waals surface area contributed by atoms with E-state index in [0.29, 0.717) is 18.4 Å². The van der Waals surface area contributed by atoms with Crippen molar-refractivity contribution in [3.05, 3.63) is 88.5 Å². The Bertz CT molecular complexity index is 1160. The summed E-state index contributed by atoms with van der Waals surface area (Å²) < 4.78 is 90.6. The van der Waals surface area contributed by atoms with Gasteiger partial charge in [-0.25, -0.2) is 26.3 Å². The van der Waals surface area contributed by atoms with Crippen molar-refractivity contribution in [1.29, 1.82) is 0 Å². The van der Waals surface area contributed by atoms with E-state index in [1.807, 2.05) is 5.92 Å². The first-order valence-corrected chi connectivity index (χ1v) is 10.9. The summed E-state index contributed by atoms with van der Waals surface area (Å²) in [7, 11) is 0. The average molecular weight is 476 g/mol. The number of rotatable bonds is 8. The molecule has 0 amide bonds. The summed E-state index contributed by atoms with van der Waals surface area (Å²) in [5, 5.41) is 0. The van der Waals surface area contributed by atoms with Crippen LogP contribution in [-0.4, -0.2) is 6.61 Å². The lowest BCUT2D eigenvalue weighted by molar-refractivity contribution is 0.304. The van der Waals surface area contributed by atoms with Gasteiger partial charge in [-0.15, -0.1) is 0 Å². The van der Waals surface area contributed by atoms with E-state index in [1.54, 1.807) is 0 Å². The molecule has 0 aromatic heterocycles. The molecule has 7 heteroatoms. The first-order valence-electron chi connectivity index (χ1n) is 10.9. The molecule has 0 aliphatic carbocycles. The normalized spacial score (nSPS) is 10.7. The Morgan fingerprint density at radius 2 is 1.26 bits per heavy atom. The smallest absolute Gasteiger partial charge is 0.178 e. The van der Waals surface area contributed by atoms with Crippen LogP contribution in [-0.2, 0) is 0 Å². The predicted octanol–water partition coefficient (Wildman–Crippen LogP) is 7.94. The van der Waals surface area contributed by atoms with E-state index in [4.69, 9.17) is 4.74 Å². The molecule has 178 valence electrons. The van der Waals surface area contributed by atoms with Crippen molar-refractivity contribution in [3.63, 3.8) is 0 Å². The highest BCUT2D eigenvalue weighted by atomic mass is 19.2. The molecule has 0 aliphatic rings. The summed E-state index contributed by atoms with van der Waals surface area (Å²) in [6.07, 6.45) is 5.31. The number of ether oxygens (including phenoxy) is 1. The molecule has 0 radical (unpaired) electrons. The molecular formula is C27H22F6O. The number of hydrogen-bond donors (Lipinski definition) is 0. The topological polar surface area (TPSA) is 9.23 Å². The van der Waals surface area contributed by atoms with Crippen LogP contribution in [0.2, 0.25) is 0 Å². The van der Waals surface area contributed by atoms with E-state index < -0.39 is 46.0 Å². The lowest BCUT2D eigenvalue weighted by atomic mass is 10.0. The van der Waals surface area contributed by atoms with Crippen LogP contribution in [0.5, 0.6) is 5.75 Å². The van der Waals surface area contributed by atoms with Crippen molar-refractivity contribution < 1.29 is 31.1 Å². The van der Waals surface area contributed by atoms with E-state index in [-0.39, 0.29) is 11.1 Å². The zero-order chi connectivity index (χ0) is 24.7. The first kappa shape index (κ1) is 25.2. The second kappa shape index (κ2) is 11.6. The number of hydrogen-bond acceptors (Lipinski definition) is 1. The Kier molecular flexibility index (Phi) is 8.64. The lowest BCUT2D eigenvalue weighted by Gasteiger charge is -2.11. The maximum absolute atomic E-state index is 14.7. The highest BCUT2D eigenvalue weighted by Crippen LogP contribution is 2.33. The van der Waals surface area contributed by atoms with Crippen LogP contribution >= 0.6 is 0 Å². The fourth-order valence-electron chi connectivity index (χ4n) is 3.37. The van der Waals surface area contributed by atoms with Gasteiger partial charge in [0.15, 0.2) is 23.3 Å². The summed E-state index contributed by atoms with van der Waals surface area (Å²) in [6, 6.07) is 7.75. The van der Waals surface area contributed by atoms with Crippen LogP contribution in [0.25, 0.3) is 11.1 Å². The average Bonchev–Trinajstić information content (AvgIpc) is 2.80. The summed E-state index contributed by atoms with van der Waals surface area (Å²) >= 11 is 0. The molecule has 0 aliphatic heterocycles. The minimum atomic E-state index is -1.70. The van der Waals surface area contributed by atoms with Gasteiger partial charge in [-0.05, 0) is 36.2 Å². The molecular weight excluding hydrogens is 454 g/mol. The summed E-state index contributed by atoms with van der Waals surface area (Å²) in [5.41, 5.74) is -2.40. The highest BCUT2D eigenvalue weighted by Gasteiger charge is 2.25. The van der Waals surface area contributed by atoms with Gasteiger partial charge in [-0.1, -0.05) is 56.6 Å². The lowest BCUT2D eigenvalue weighted by Crippen LogP contribution is -2.04. The van der Waals surface area contributed by atoms with Crippen molar-refractivity contribution >= 4 is 0 Å². The van der Waals surface area contributed by atoms with Gasteiger partial charge >= 0.3 is 0 Å². The molecule has 0 bridgehead atoms. The largest absolute Gasteiger partial charge is 0.494 e. The predicted molar refractivity (Wildman–Crippen MR) is 118 cm³/mol. The summed E-state index contributed by atoms with van der Waals surface area (Å²) in [5.74, 6) is -4.06. The van der Waals surface area contributed by atoms with Gasteiger partial charge in [0.1, 0.15) is 22.9 Å². The Balaban J connectivity index is 1.82. The van der Waals surface area contributed by atoms with E-state index >= 15 is 0 Å². The van der Waals surface area contributed by atoms with Crippen molar-refractivity contribution in [2.75, 3.05) is 6.61 Å². The third-order valence-corrected chi connectivity index (χ3v) is 5.12.